The third-order valence-electron chi connectivity index (χ3n) is 2.41. The average molecular weight is 260 g/mol. The molecule has 0 aliphatic heterocycles. The number of hydrogen-bond acceptors (Lipinski definition) is 4. The first-order valence-corrected chi connectivity index (χ1v) is 5.82. The van der Waals surface area contributed by atoms with Crippen molar-refractivity contribution in [2.24, 2.45) is 5.10 Å². The lowest BCUT2D eigenvalue weighted by Gasteiger charge is -2.01. The molecule has 0 spiro atoms. The molecule has 2 aromatic rings. The Morgan fingerprint density at radius 1 is 1.42 bits per heavy atom. The van der Waals surface area contributed by atoms with Crippen molar-refractivity contribution in [2.75, 3.05) is 5.43 Å². The van der Waals surface area contributed by atoms with Crippen molar-refractivity contribution in [3.8, 4) is 0 Å². The van der Waals surface area contributed by atoms with Gasteiger partial charge in [0.25, 0.3) is 5.56 Å². The molecule has 0 radical (unpaired) electrons. The van der Waals surface area contributed by atoms with Crippen LogP contribution in [0.25, 0.3) is 0 Å². The number of nitrogens with zero attached hydrogens (tertiary/aromatic N) is 2. The SMILES string of the molecule is CCc1cc(=O)[nH]c(N/N=C\c2ccc(F)cc2)n1. The second-order valence-corrected chi connectivity index (χ2v) is 3.86. The standard InChI is InChI=1S/C13H13FN4O/c1-2-11-7-12(19)17-13(16-11)18-15-8-9-3-5-10(14)6-4-9/h3-8H,2H2,1H3,(H2,16,17,18,19)/b15-8-. The summed E-state index contributed by atoms with van der Waals surface area (Å²) in [7, 11) is 0. The molecule has 5 nitrogen and oxygen atoms in total. The van der Waals surface area contributed by atoms with Gasteiger partial charge >= 0.3 is 0 Å². The number of benzene rings is 1. The molecule has 98 valence electrons. The third-order valence-corrected chi connectivity index (χ3v) is 2.41. The van der Waals surface area contributed by atoms with Gasteiger partial charge in [0.05, 0.1) is 6.21 Å². The Bertz CT molecular complexity index is 634. The Balaban J connectivity index is 2.08. The zero-order valence-corrected chi connectivity index (χ0v) is 10.4. The normalized spacial score (nSPS) is 10.8. The zero-order chi connectivity index (χ0) is 13.7. The molecule has 0 aliphatic rings. The second-order valence-electron chi connectivity index (χ2n) is 3.86. The van der Waals surface area contributed by atoms with Crippen LogP contribution in [0, 0.1) is 5.82 Å². The maximum atomic E-state index is 12.7. The zero-order valence-electron chi connectivity index (χ0n) is 10.4. The average Bonchev–Trinajstić information content (AvgIpc) is 2.40. The quantitative estimate of drug-likeness (QED) is 0.651. The first kappa shape index (κ1) is 12.9. The van der Waals surface area contributed by atoms with Crippen LogP contribution in [0.4, 0.5) is 10.3 Å². The van der Waals surface area contributed by atoms with Crippen LogP contribution in [0.2, 0.25) is 0 Å². The van der Waals surface area contributed by atoms with E-state index in [2.05, 4.69) is 20.5 Å². The number of halogens is 1. The number of rotatable bonds is 4. The van der Waals surface area contributed by atoms with E-state index in [1.807, 2.05) is 6.92 Å². The van der Waals surface area contributed by atoms with Crippen LogP contribution in [0.15, 0.2) is 40.2 Å². The number of aryl methyl sites for hydroxylation is 1. The molecule has 0 fully saturated rings. The van der Waals surface area contributed by atoms with E-state index < -0.39 is 0 Å². The summed E-state index contributed by atoms with van der Waals surface area (Å²) in [4.78, 5) is 18.0. The van der Waals surface area contributed by atoms with Crippen molar-refractivity contribution < 1.29 is 4.39 Å². The maximum absolute atomic E-state index is 12.7. The molecule has 1 heterocycles. The fraction of sp³-hybridized carbons (Fsp3) is 0.154. The largest absolute Gasteiger partial charge is 0.291 e. The van der Waals surface area contributed by atoms with Gasteiger partial charge in [0.15, 0.2) is 0 Å². The lowest BCUT2D eigenvalue weighted by atomic mass is 10.2. The molecular weight excluding hydrogens is 247 g/mol. The van der Waals surface area contributed by atoms with E-state index in [9.17, 15) is 9.18 Å². The van der Waals surface area contributed by atoms with Crippen molar-refractivity contribution in [3.05, 3.63) is 57.8 Å². The van der Waals surface area contributed by atoms with Crippen LogP contribution < -0.4 is 11.0 Å². The number of aromatic amines is 1. The Morgan fingerprint density at radius 3 is 2.84 bits per heavy atom. The minimum Gasteiger partial charge on any atom is -0.291 e. The van der Waals surface area contributed by atoms with E-state index in [0.29, 0.717) is 12.1 Å². The van der Waals surface area contributed by atoms with E-state index >= 15 is 0 Å². The predicted molar refractivity (Wildman–Crippen MR) is 71.9 cm³/mol. The lowest BCUT2D eigenvalue weighted by Crippen LogP contribution is -2.11. The van der Waals surface area contributed by atoms with E-state index in [1.54, 1.807) is 12.1 Å². The van der Waals surface area contributed by atoms with Crippen molar-refractivity contribution in [3.63, 3.8) is 0 Å². The van der Waals surface area contributed by atoms with Crippen molar-refractivity contribution >= 4 is 12.2 Å². The molecule has 6 heteroatoms. The van der Waals surface area contributed by atoms with Crippen LogP contribution in [0.1, 0.15) is 18.2 Å². The number of H-pyrrole nitrogens is 1. The highest BCUT2D eigenvalue weighted by atomic mass is 19.1. The van der Waals surface area contributed by atoms with Crippen molar-refractivity contribution in [1.82, 2.24) is 9.97 Å². The molecule has 0 unspecified atom stereocenters. The number of anilines is 1. The fourth-order valence-corrected chi connectivity index (χ4v) is 1.46. The van der Waals surface area contributed by atoms with Gasteiger partial charge in [0, 0.05) is 11.8 Å². The number of aromatic nitrogens is 2. The van der Waals surface area contributed by atoms with Crippen molar-refractivity contribution in [1.29, 1.82) is 0 Å². The molecule has 1 aromatic carbocycles. The molecule has 2 N–H and O–H groups in total. The molecule has 2 rings (SSSR count). The van der Waals surface area contributed by atoms with Crippen LogP contribution in [0.3, 0.4) is 0 Å². The number of hydrogen-bond donors (Lipinski definition) is 2. The molecule has 19 heavy (non-hydrogen) atoms. The fourth-order valence-electron chi connectivity index (χ4n) is 1.46. The predicted octanol–water partition coefficient (Wildman–Crippen LogP) is 1.92. The van der Waals surface area contributed by atoms with Gasteiger partial charge in [0.2, 0.25) is 5.95 Å². The molecule has 1 aromatic heterocycles. The maximum Gasteiger partial charge on any atom is 0.252 e. The van der Waals surface area contributed by atoms with E-state index in [-0.39, 0.29) is 17.3 Å². The van der Waals surface area contributed by atoms with Crippen LogP contribution in [0.5, 0.6) is 0 Å². The van der Waals surface area contributed by atoms with E-state index in [4.69, 9.17) is 0 Å². The second kappa shape index (κ2) is 5.90. The minimum absolute atomic E-state index is 0.230. The molecule has 0 atom stereocenters. The Kier molecular flexibility index (Phi) is 4.02. The Morgan fingerprint density at radius 2 is 2.16 bits per heavy atom. The molecular formula is C13H13FN4O. The summed E-state index contributed by atoms with van der Waals surface area (Å²) < 4.78 is 12.7. The summed E-state index contributed by atoms with van der Waals surface area (Å²) in [5.41, 5.74) is 3.82. The number of nitrogens with one attached hydrogen (secondary N) is 2. The van der Waals surface area contributed by atoms with Gasteiger partial charge in [-0.1, -0.05) is 19.1 Å². The molecule has 0 amide bonds. The summed E-state index contributed by atoms with van der Waals surface area (Å²) in [5, 5.41) is 3.93. The highest BCUT2D eigenvalue weighted by Gasteiger charge is 1.97. The smallest absolute Gasteiger partial charge is 0.252 e. The van der Waals surface area contributed by atoms with E-state index in [1.165, 1.54) is 24.4 Å². The summed E-state index contributed by atoms with van der Waals surface area (Å²) in [5.74, 6) is -0.0190. The summed E-state index contributed by atoms with van der Waals surface area (Å²) >= 11 is 0. The number of hydrazone groups is 1. The summed E-state index contributed by atoms with van der Waals surface area (Å²) in [6.07, 6.45) is 2.18. The van der Waals surface area contributed by atoms with Crippen LogP contribution in [-0.2, 0) is 6.42 Å². The molecule has 0 saturated carbocycles. The van der Waals surface area contributed by atoms with Crippen LogP contribution >= 0.6 is 0 Å². The Labute approximate surface area is 109 Å². The van der Waals surface area contributed by atoms with Gasteiger partial charge in [0.1, 0.15) is 5.82 Å². The molecule has 0 bridgehead atoms. The van der Waals surface area contributed by atoms with Gasteiger partial charge in [-0.2, -0.15) is 5.10 Å². The summed E-state index contributed by atoms with van der Waals surface area (Å²) in [6, 6.07) is 7.32. The van der Waals surface area contributed by atoms with Crippen LogP contribution in [-0.4, -0.2) is 16.2 Å². The lowest BCUT2D eigenvalue weighted by molar-refractivity contribution is 0.628. The highest BCUT2D eigenvalue weighted by molar-refractivity contribution is 5.79. The van der Waals surface area contributed by atoms with Gasteiger partial charge in [-0.15, -0.1) is 0 Å². The highest BCUT2D eigenvalue weighted by Crippen LogP contribution is 2.01. The van der Waals surface area contributed by atoms with Crippen molar-refractivity contribution in [2.45, 2.75) is 13.3 Å². The minimum atomic E-state index is -0.299. The summed E-state index contributed by atoms with van der Waals surface area (Å²) in [6.45, 7) is 1.91. The third kappa shape index (κ3) is 3.74. The molecule has 0 saturated heterocycles. The molecule has 0 aliphatic carbocycles. The van der Waals surface area contributed by atoms with E-state index in [0.717, 1.165) is 5.56 Å². The van der Waals surface area contributed by atoms with Gasteiger partial charge in [-0.05, 0) is 24.1 Å². The first-order chi connectivity index (χ1) is 9.17. The van der Waals surface area contributed by atoms with Gasteiger partial charge in [-0.3, -0.25) is 9.78 Å². The topological polar surface area (TPSA) is 70.1 Å². The first-order valence-electron chi connectivity index (χ1n) is 5.82. The Hall–Kier alpha value is -2.50. The van der Waals surface area contributed by atoms with Gasteiger partial charge in [-0.25, -0.2) is 14.8 Å². The van der Waals surface area contributed by atoms with Gasteiger partial charge < -0.3 is 0 Å². The monoisotopic (exact) mass is 260 g/mol.